The summed E-state index contributed by atoms with van der Waals surface area (Å²) in [7, 11) is -2.37. The molecule has 0 radical (unpaired) electrons. The molecule has 0 N–H and O–H groups in total. The van der Waals surface area contributed by atoms with Crippen molar-refractivity contribution in [3.63, 3.8) is 0 Å². The van der Waals surface area contributed by atoms with Gasteiger partial charge in [0.05, 0.1) is 24.9 Å². The van der Waals surface area contributed by atoms with Crippen molar-refractivity contribution >= 4 is 14.2 Å². The van der Waals surface area contributed by atoms with Crippen molar-refractivity contribution in [2.24, 2.45) is 5.92 Å². The number of fused-ring (bicyclic) bond motifs is 1. The maximum absolute atomic E-state index is 13.8. The van der Waals surface area contributed by atoms with Crippen molar-refractivity contribution in [2.75, 3.05) is 6.61 Å². The van der Waals surface area contributed by atoms with Crippen LogP contribution in [0.5, 0.6) is 0 Å². The number of carbonyl (C=O) groups excluding carboxylic acids is 1. The first-order valence-corrected chi connectivity index (χ1v) is 16.5. The standard InChI is InChI=1S/C31H36N2O6Si/c1-31(2,3)40(4,5)39-27-24(17-16-23-20-37-29(38-26(23)27)22-14-10-7-11-15-22)32-19-18-25(34)33(30(32)36)28(35)21-12-8-6-9-13-21/h6-19,23-24,26-27,29H,20H2,1-5H3/t23-,24-,26-,27-,29?/m1/s1. The third kappa shape index (κ3) is 5.34. The molecule has 1 aliphatic heterocycles. The summed E-state index contributed by atoms with van der Waals surface area (Å²) in [5.74, 6) is -0.755. The second-order valence-electron chi connectivity index (χ2n) is 11.9. The van der Waals surface area contributed by atoms with Crippen LogP contribution < -0.4 is 11.2 Å². The third-order valence-corrected chi connectivity index (χ3v) is 12.7. The van der Waals surface area contributed by atoms with E-state index in [1.807, 2.05) is 42.5 Å². The molecule has 5 rings (SSSR count). The molecule has 9 heteroatoms. The Bertz CT molecular complexity index is 1510. The topological polar surface area (TPSA) is 88.8 Å². The van der Waals surface area contributed by atoms with E-state index in [1.165, 1.54) is 16.8 Å². The first-order chi connectivity index (χ1) is 19.0. The quantitative estimate of drug-likeness (QED) is 0.325. The van der Waals surface area contributed by atoms with Crippen molar-refractivity contribution in [3.8, 4) is 0 Å². The summed E-state index contributed by atoms with van der Waals surface area (Å²) in [6, 6.07) is 18.7. The third-order valence-electron chi connectivity index (χ3n) is 8.22. The van der Waals surface area contributed by atoms with Gasteiger partial charge in [0.25, 0.3) is 11.5 Å². The van der Waals surface area contributed by atoms with Gasteiger partial charge >= 0.3 is 5.69 Å². The highest BCUT2D eigenvalue weighted by atomic mass is 28.4. The van der Waals surface area contributed by atoms with Gasteiger partial charge in [0.15, 0.2) is 14.6 Å². The smallest absolute Gasteiger partial charge is 0.338 e. The van der Waals surface area contributed by atoms with E-state index in [4.69, 9.17) is 13.9 Å². The molecule has 0 spiro atoms. The summed E-state index contributed by atoms with van der Waals surface area (Å²) >= 11 is 0. The molecule has 2 aromatic carbocycles. The van der Waals surface area contributed by atoms with E-state index in [-0.39, 0.29) is 16.5 Å². The molecule has 0 saturated carbocycles. The largest absolute Gasteiger partial charge is 0.409 e. The van der Waals surface area contributed by atoms with Crippen LogP contribution in [0.15, 0.2) is 94.7 Å². The monoisotopic (exact) mass is 560 g/mol. The van der Waals surface area contributed by atoms with Gasteiger partial charge in [-0.1, -0.05) is 81.5 Å². The number of ether oxygens (including phenoxy) is 2. The van der Waals surface area contributed by atoms with Crippen LogP contribution in [0.4, 0.5) is 0 Å². The summed E-state index contributed by atoms with van der Waals surface area (Å²) in [6.45, 7) is 11.2. The fourth-order valence-corrected chi connectivity index (χ4v) is 6.24. The SMILES string of the molecule is CC(C)(C)[Si](C)(C)O[C@H]1[C@@H]2OC(c3ccccc3)OC[C@H]2C=C[C@H]1n1ccc(=O)n(C(=O)c2ccccc2)c1=O. The van der Waals surface area contributed by atoms with Crippen LogP contribution in [-0.4, -0.2) is 42.2 Å². The molecular formula is C31H36N2O6Si. The summed E-state index contributed by atoms with van der Waals surface area (Å²) in [5.41, 5.74) is -0.241. The molecule has 3 aromatic rings. The van der Waals surface area contributed by atoms with Gasteiger partial charge in [-0.3, -0.25) is 14.2 Å². The first kappa shape index (κ1) is 28.2. The predicted octanol–water partition coefficient (Wildman–Crippen LogP) is 4.93. The summed E-state index contributed by atoms with van der Waals surface area (Å²) in [5, 5.41) is -0.106. The van der Waals surface area contributed by atoms with Gasteiger partial charge in [0, 0.05) is 29.3 Å². The minimum atomic E-state index is -2.37. The van der Waals surface area contributed by atoms with Crippen LogP contribution in [0.2, 0.25) is 18.1 Å². The number of aromatic nitrogens is 2. The minimum absolute atomic E-state index is 0.0847. The number of benzene rings is 2. The molecule has 8 nitrogen and oxygen atoms in total. The van der Waals surface area contributed by atoms with Gasteiger partial charge in [-0.25, -0.2) is 4.79 Å². The Kier molecular flexibility index (Phi) is 7.67. The molecular weight excluding hydrogens is 524 g/mol. The second-order valence-corrected chi connectivity index (χ2v) is 16.7. The highest BCUT2D eigenvalue weighted by molar-refractivity contribution is 6.74. The van der Waals surface area contributed by atoms with Crippen LogP contribution in [0.1, 0.15) is 49.0 Å². The Balaban J connectivity index is 1.58. The minimum Gasteiger partial charge on any atom is -0.409 e. The van der Waals surface area contributed by atoms with E-state index >= 15 is 0 Å². The molecule has 1 fully saturated rings. The zero-order valence-corrected chi connectivity index (χ0v) is 24.5. The van der Waals surface area contributed by atoms with E-state index in [9.17, 15) is 14.4 Å². The van der Waals surface area contributed by atoms with Gasteiger partial charge < -0.3 is 13.9 Å². The van der Waals surface area contributed by atoms with E-state index < -0.39 is 50.0 Å². The lowest BCUT2D eigenvalue weighted by Gasteiger charge is -2.48. The van der Waals surface area contributed by atoms with Crippen molar-refractivity contribution in [3.05, 3.63) is 117 Å². The maximum Gasteiger partial charge on any atom is 0.338 e. The van der Waals surface area contributed by atoms with Gasteiger partial charge in [0.2, 0.25) is 0 Å². The molecule has 5 atom stereocenters. The Morgan fingerprint density at radius 1 is 0.950 bits per heavy atom. The van der Waals surface area contributed by atoms with Gasteiger partial charge in [-0.05, 0) is 30.3 Å². The number of hydrogen-bond donors (Lipinski definition) is 0. The Labute approximate surface area is 235 Å². The zero-order valence-electron chi connectivity index (χ0n) is 23.5. The van der Waals surface area contributed by atoms with Crippen LogP contribution in [0.3, 0.4) is 0 Å². The van der Waals surface area contributed by atoms with Gasteiger partial charge in [-0.2, -0.15) is 4.57 Å². The normalized spacial score (nSPS) is 24.9. The predicted molar refractivity (Wildman–Crippen MR) is 155 cm³/mol. The van der Waals surface area contributed by atoms with Crippen molar-refractivity contribution < 1.29 is 18.7 Å². The van der Waals surface area contributed by atoms with Gasteiger partial charge in [0.1, 0.15) is 0 Å². The molecule has 2 aliphatic rings. The average molecular weight is 561 g/mol. The average Bonchev–Trinajstić information content (AvgIpc) is 2.93. The maximum atomic E-state index is 13.8. The Morgan fingerprint density at radius 2 is 1.60 bits per heavy atom. The molecule has 210 valence electrons. The Morgan fingerprint density at radius 3 is 2.25 bits per heavy atom. The molecule has 40 heavy (non-hydrogen) atoms. The van der Waals surface area contributed by atoms with Crippen molar-refractivity contribution in [1.82, 2.24) is 9.13 Å². The van der Waals surface area contributed by atoms with Gasteiger partial charge in [-0.15, -0.1) is 0 Å². The molecule has 0 amide bonds. The van der Waals surface area contributed by atoms with Crippen LogP contribution in [-0.2, 0) is 13.9 Å². The molecule has 1 aliphatic carbocycles. The highest BCUT2D eigenvalue weighted by Crippen LogP contribution is 2.44. The summed E-state index contributed by atoms with van der Waals surface area (Å²) in [4.78, 5) is 39.9. The van der Waals surface area contributed by atoms with E-state index in [2.05, 4.69) is 33.9 Å². The Hall–Kier alpha value is -3.37. The molecule has 0 bridgehead atoms. The molecule has 2 heterocycles. The molecule has 1 saturated heterocycles. The first-order valence-electron chi connectivity index (χ1n) is 13.6. The number of nitrogens with zero attached hydrogens (tertiary/aromatic N) is 2. The number of carbonyl (C=O) groups is 1. The van der Waals surface area contributed by atoms with Crippen molar-refractivity contribution in [1.29, 1.82) is 0 Å². The van der Waals surface area contributed by atoms with Crippen LogP contribution in [0, 0.1) is 5.92 Å². The van der Waals surface area contributed by atoms with Crippen molar-refractivity contribution in [2.45, 2.75) is 63.4 Å². The molecule has 1 aromatic heterocycles. The zero-order chi connectivity index (χ0) is 28.7. The van der Waals surface area contributed by atoms with E-state index in [0.717, 1.165) is 5.56 Å². The van der Waals surface area contributed by atoms with E-state index in [0.29, 0.717) is 11.2 Å². The second kappa shape index (κ2) is 10.9. The fraction of sp³-hybridized carbons (Fsp3) is 0.387. The van der Waals surface area contributed by atoms with E-state index in [1.54, 1.807) is 30.3 Å². The molecule has 1 unspecified atom stereocenters. The number of hydrogen-bond acceptors (Lipinski definition) is 6. The fourth-order valence-electron chi connectivity index (χ4n) is 4.93. The lowest BCUT2D eigenvalue weighted by atomic mass is 9.86. The highest BCUT2D eigenvalue weighted by Gasteiger charge is 2.49. The lowest BCUT2D eigenvalue weighted by Crippen LogP contribution is -2.57. The summed E-state index contributed by atoms with van der Waals surface area (Å²) < 4.78 is 21.8. The lowest BCUT2D eigenvalue weighted by molar-refractivity contribution is -0.257. The van der Waals surface area contributed by atoms with Crippen LogP contribution in [0.25, 0.3) is 0 Å². The van der Waals surface area contributed by atoms with Crippen LogP contribution >= 0.6 is 0 Å². The number of rotatable bonds is 5. The summed E-state index contributed by atoms with van der Waals surface area (Å²) in [6.07, 6.45) is 3.80.